The van der Waals surface area contributed by atoms with Gasteiger partial charge in [-0.15, -0.1) is 0 Å². The standard InChI is InChI=1S/C11H15FN2/c1-6-10(14)5-8(12)7-3-2-4-9(13)11(6)7/h5,9H,2-4,13-14H2,1H3/t9-/m1/s1. The summed E-state index contributed by atoms with van der Waals surface area (Å²) in [4.78, 5) is 0. The van der Waals surface area contributed by atoms with Crippen molar-refractivity contribution < 1.29 is 4.39 Å². The first-order valence-corrected chi connectivity index (χ1v) is 4.94. The highest BCUT2D eigenvalue weighted by Gasteiger charge is 2.23. The number of rotatable bonds is 0. The van der Waals surface area contributed by atoms with E-state index >= 15 is 0 Å². The number of halogens is 1. The molecular weight excluding hydrogens is 179 g/mol. The van der Waals surface area contributed by atoms with Gasteiger partial charge < -0.3 is 11.5 Å². The minimum atomic E-state index is -0.196. The van der Waals surface area contributed by atoms with E-state index in [0.717, 1.165) is 36.0 Å². The van der Waals surface area contributed by atoms with E-state index in [1.54, 1.807) is 0 Å². The number of benzene rings is 1. The quantitative estimate of drug-likeness (QED) is 0.621. The average molecular weight is 194 g/mol. The molecule has 0 aliphatic heterocycles. The Morgan fingerprint density at radius 2 is 2.21 bits per heavy atom. The summed E-state index contributed by atoms with van der Waals surface area (Å²) in [7, 11) is 0. The molecule has 14 heavy (non-hydrogen) atoms. The van der Waals surface area contributed by atoms with Gasteiger partial charge in [0, 0.05) is 11.7 Å². The molecule has 1 aromatic rings. The second-order valence-electron chi connectivity index (χ2n) is 3.96. The molecule has 3 heteroatoms. The van der Waals surface area contributed by atoms with Gasteiger partial charge >= 0.3 is 0 Å². The number of anilines is 1. The van der Waals surface area contributed by atoms with Gasteiger partial charge in [0.15, 0.2) is 0 Å². The van der Waals surface area contributed by atoms with Crippen molar-refractivity contribution in [3.63, 3.8) is 0 Å². The van der Waals surface area contributed by atoms with Gasteiger partial charge in [-0.2, -0.15) is 0 Å². The number of nitrogens with two attached hydrogens (primary N) is 2. The van der Waals surface area contributed by atoms with Gasteiger partial charge in [-0.05, 0) is 48.9 Å². The molecule has 0 amide bonds. The zero-order chi connectivity index (χ0) is 10.3. The van der Waals surface area contributed by atoms with Crippen LogP contribution in [0.5, 0.6) is 0 Å². The fourth-order valence-corrected chi connectivity index (χ4v) is 2.24. The van der Waals surface area contributed by atoms with Crippen LogP contribution < -0.4 is 11.5 Å². The van der Waals surface area contributed by atoms with Gasteiger partial charge in [-0.3, -0.25) is 0 Å². The summed E-state index contributed by atoms with van der Waals surface area (Å²) < 4.78 is 13.5. The van der Waals surface area contributed by atoms with E-state index in [1.165, 1.54) is 6.07 Å². The number of hydrogen-bond acceptors (Lipinski definition) is 2. The molecule has 0 unspecified atom stereocenters. The highest BCUT2D eigenvalue weighted by Crippen LogP contribution is 2.34. The zero-order valence-corrected chi connectivity index (χ0v) is 8.31. The monoisotopic (exact) mass is 194 g/mol. The van der Waals surface area contributed by atoms with Crippen molar-refractivity contribution in [3.8, 4) is 0 Å². The van der Waals surface area contributed by atoms with Crippen LogP contribution in [-0.4, -0.2) is 0 Å². The molecule has 0 spiro atoms. The van der Waals surface area contributed by atoms with Crippen molar-refractivity contribution in [3.05, 3.63) is 28.6 Å². The maximum atomic E-state index is 13.5. The molecule has 0 radical (unpaired) electrons. The maximum Gasteiger partial charge on any atom is 0.128 e. The first kappa shape index (κ1) is 9.46. The molecule has 0 saturated carbocycles. The fourth-order valence-electron chi connectivity index (χ4n) is 2.24. The summed E-state index contributed by atoms with van der Waals surface area (Å²) in [5.74, 6) is -0.196. The molecule has 1 atom stereocenters. The molecule has 0 saturated heterocycles. The van der Waals surface area contributed by atoms with Gasteiger partial charge in [-0.1, -0.05) is 0 Å². The van der Waals surface area contributed by atoms with E-state index in [0.29, 0.717) is 5.69 Å². The second kappa shape index (κ2) is 3.24. The molecule has 0 bridgehead atoms. The Hall–Kier alpha value is -1.09. The van der Waals surface area contributed by atoms with Gasteiger partial charge in [0.05, 0.1) is 0 Å². The highest BCUT2D eigenvalue weighted by molar-refractivity contribution is 5.55. The first-order valence-electron chi connectivity index (χ1n) is 4.94. The predicted octanol–water partition coefficient (Wildman–Crippen LogP) is 2.05. The van der Waals surface area contributed by atoms with Crippen LogP contribution >= 0.6 is 0 Å². The average Bonchev–Trinajstić information content (AvgIpc) is 2.14. The number of nitrogen functional groups attached to an aromatic ring is 1. The third kappa shape index (κ3) is 1.28. The number of fused-ring (bicyclic) bond motifs is 1. The van der Waals surface area contributed by atoms with E-state index in [-0.39, 0.29) is 11.9 Å². The van der Waals surface area contributed by atoms with Crippen LogP contribution in [0.15, 0.2) is 6.07 Å². The number of hydrogen-bond donors (Lipinski definition) is 2. The Bertz CT molecular complexity index is 374. The normalized spacial score (nSPS) is 20.6. The lowest BCUT2D eigenvalue weighted by molar-refractivity contribution is 0.529. The Labute approximate surface area is 83.1 Å². The summed E-state index contributed by atoms with van der Waals surface area (Å²) in [5, 5.41) is 0. The van der Waals surface area contributed by atoms with Gasteiger partial charge in [0.2, 0.25) is 0 Å². The predicted molar refractivity (Wildman–Crippen MR) is 55.4 cm³/mol. The molecule has 1 aliphatic carbocycles. The first-order chi connectivity index (χ1) is 6.61. The Morgan fingerprint density at radius 3 is 2.93 bits per heavy atom. The lowest BCUT2D eigenvalue weighted by Gasteiger charge is -2.25. The molecule has 76 valence electrons. The minimum absolute atomic E-state index is 0.0447. The molecule has 2 nitrogen and oxygen atoms in total. The van der Waals surface area contributed by atoms with E-state index in [2.05, 4.69) is 0 Å². The molecule has 0 fully saturated rings. The molecule has 0 aromatic heterocycles. The van der Waals surface area contributed by atoms with Crippen LogP contribution in [0.1, 0.15) is 35.6 Å². The summed E-state index contributed by atoms with van der Waals surface area (Å²) in [6.45, 7) is 1.92. The van der Waals surface area contributed by atoms with Gasteiger partial charge in [-0.25, -0.2) is 4.39 Å². The Morgan fingerprint density at radius 1 is 1.50 bits per heavy atom. The lowest BCUT2D eigenvalue weighted by Crippen LogP contribution is -2.20. The van der Waals surface area contributed by atoms with E-state index in [9.17, 15) is 4.39 Å². The highest BCUT2D eigenvalue weighted by atomic mass is 19.1. The van der Waals surface area contributed by atoms with Crippen molar-refractivity contribution in [2.24, 2.45) is 5.73 Å². The summed E-state index contributed by atoms with van der Waals surface area (Å²) in [6.07, 6.45) is 2.68. The molecule has 2 rings (SSSR count). The Kier molecular flexibility index (Phi) is 2.19. The van der Waals surface area contributed by atoms with Crippen LogP contribution in [0, 0.1) is 12.7 Å². The van der Waals surface area contributed by atoms with Crippen molar-refractivity contribution in [1.82, 2.24) is 0 Å². The second-order valence-corrected chi connectivity index (χ2v) is 3.96. The van der Waals surface area contributed by atoms with Crippen molar-refractivity contribution in [2.45, 2.75) is 32.2 Å². The van der Waals surface area contributed by atoms with E-state index in [1.807, 2.05) is 6.92 Å². The Balaban J connectivity index is 2.67. The van der Waals surface area contributed by atoms with Crippen LogP contribution in [0.4, 0.5) is 10.1 Å². The van der Waals surface area contributed by atoms with E-state index in [4.69, 9.17) is 11.5 Å². The molecule has 1 aromatic carbocycles. The molecule has 0 heterocycles. The third-order valence-electron chi connectivity index (χ3n) is 3.05. The summed E-state index contributed by atoms with van der Waals surface area (Å²) in [5.41, 5.74) is 14.9. The SMILES string of the molecule is Cc1c(N)cc(F)c2c1[C@H](N)CCC2. The molecular formula is C11H15FN2. The maximum absolute atomic E-state index is 13.5. The molecule has 4 N–H and O–H groups in total. The summed E-state index contributed by atoms with van der Waals surface area (Å²) in [6, 6.07) is 1.36. The summed E-state index contributed by atoms with van der Waals surface area (Å²) >= 11 is 0. The van der Waals surface area contributed by atoms with Crippen LogP contribution in [0.25, 0.3) is 0 Å². The lowest BCUT2D eigenvalue weighted by atomic mass is 9.84. The van der Waals surface area contributed by atoms with Crippen molar-refractivity contribution >= 4 is 5.69 Å². The topological polar surface area (TPSA) is 52.0 Å². The fraction of sp³-hybridized carbons (Fsp3) is 0.455. The van der Waals surface area contributed by atoms with Gasteiger partial charge in [0.1, 0.15) is 5.82 Å². The van der Waals surface area contributed by atoms with Crippen LogP contribution in [0.2, 0.25) is 0 Å². The van der Waals surface area contributed by atoms with Crippen LogP contribution in [-0.2, 0) is 6.42 Å². The minimum Gasteiger partial charge on any atom is -0.398 e. The largest absolute Gasteiger partial charge is 0.398 e. The van der Waals surface area contributed by atoms with Gasteiger partial charge in [0.25, 0.3) is 0 Å². The zero-order valence-electron chi connectivity index (χ0n) is 8.31. The van der Waals surface area contributed by atoms with Crippen molar-refractivity contribution in [2.75, 3.05) is 5.73 Å². The third-order valence-corrected chi connectivity index (χ3v) is 3.05. The smallest absolute Gasteiger partial charge is 0.128 e. The van der Waals surface area contributed by atoms with Crippen LogP contribution in [0.3, 0.4) is 0 Å². The van der Waals surface area contributed by atoms with E-state index < -0.39 is 0 Å². The van der Waals surface area contributed by atoms with Crippen molar-refractivity contribution in [1.29, 1.82) is 0 Å². The molecule has 1 aliphatic rings.